The molecular formula is C9H16F3. The molecule has 0 aromatic rings. The summed E-state index contributed by atoms with van der Waals surface area (Å²) >= 11 is 0. The molecule has 0 aliphatic rings. The van der Waals surface area contributed by atoms with Crippen molar-refractivity contribution in [2.75, 3.05) is 0 Å². The Bertz CT molecular complexity index is 115. The average molecular weight is 181 g/mol. The van der Waals surface area contributed by atoms with E-state index >= 15 is 0 Å². The Morgan fingerprint density at radius 2 is 1.75 bits per heavy atom. The summed E-state index contributed by atoms with van der Waals surface area (Å²) in [6, 6.07) is 0. The van der Waals surface area contributed by atoms with E-state index in [0.717, 1.165) is 0 Å². The van der Waals surface area contributed by atoms with Crippen molar-refractivity contribution in [2.24, 2.45) is 5.92 Å². The molecule has 0 fully saturated rings. The number of halogens is 3. The molecule has 73 valence electrons. The Hall–Kier alpha value is -0.210. The second kappa shape index (κ2) is 4.73. The summed E-state index contributed by atoms with van der Waals surface area (Å²) in [6.07, 6.45) is -3.75. The van der Waals surface area contributed by atoms with Crippen molar-refractivity contribution in [3.8, 4) is 0 Å². The molecule has 0 aromatic heterocycles. The van der Waals surface area contributed by atoms with E-state index in [1.807, 2.05) is 20.8 Å². The highest BCUT2D eigenvalue weighted by molar-refractivity contribution is 4.83. The van der Waals surface area contributed by atoms with Crippen molar-refractivity contribution in [1.29, 1.82) is 0 Å². The minimum Gasteiger partial charge on any atom is -0.171 e. The van der Waals surface area contributed by atoms with E-state index in [4.69, 9.17) is 0 Å². The average Bonchev–Trinajstić information content (AvgIpc) is 1.84. The zero-order valence-corrected chi connectivity index (χ0v) is 7.83. The van der Waals surface area contributed by atoms with Crippen molar-refractivity contribution in [3.63, 3.8) is 0 Å². The van der Waals surface area contributed by atoms with Crippen LogP contribution in [0.25, 0.3) is 0 Å². The van der Waals surface area contributed by atoms with Gasteiger partial charge in [-0.25, -0.2) is 0 Å². The minimum absolute atomic E-state index is 0.246. The summed E-state index contributed by atoms with van der Waals surface area (Å²) in [4.78, 5) is 0. The number of hydrogen-bond acceptors (Lipinski definition) is 0. The lowest BCUT2D eigenvalue weighted by Crippen LogP contribution is -2.09. The Morgan fingerprint density at radius 1 is 1.25 bits per heavy atom. The highest BCUT2D eigenvalue weighted by atomic mass is 19.4. The van der Waals surface area contributed by atoms with Crippen LogP contribution in [0.4, 0.5) is 13.2 Å². The summed E-state index contributed by atoms with van der Waals surface area (Å²) in [6.45, 7) is 5.88. The lowest BCUT2D eigenvalue weighted by Gasteiger charge is -2.14. The second-order valence-electron chi connectivity index (χ2n) is 3.49. The van der Waals surface area contributed by atoms with Crippen molar-refractivity contribution in [1.82, 2.24) is 0 Å². The fourth-order valence-electron chi connectivity index (χ4n) is 0.897. The summed E-state index contributed by atoms with van der Waals surface area (Å²) in [7, 11) is 0. The van der Waals surface area contributed by atoms with Gasteiger partial charge in [0.25, 0.3) is 0 Å². The maximum Gasteiger partial charge on any atom is 0.389 e. The topological polar surface area (TPSA) is 0 Å². The highest BCUT2D eigenvalue weighted by Gasteiger charge is 2.26. The van der Waals surface area contributed by atoms with Crippen LogP contribution in [0.1, 0.15) is 40.0 Å². The van der Waals surface area contributed by atoms with Gasteiger partial charge in [0.15, 0.2) is 0 Å². The number of hydrogen-bond donors (Lipinski definition) is 0. The zero-order valence-electron chi connectivity index (χ0n) is 7.83. The summed E-state index contributed by atoms with van der Waals surface area (Å²) in [5, 5.41) is 0. The van der Waals surface area contributed by atoms with Gasteiger partial charge in [-0.05, 0) is 24.7 Å². The van der Waals surface area contributed by atoms with E-state index in [1.54, 1.807) is 0 Å². The molecule has 1 radical (unpaired) electrons. The van der Waals surface area contributed by atoms with E-state index in [1.165, 1.54) is 5.92 Å². The molecule has 0 amide bonds. The molecule has 1 atom stereocenters. The van der Waals surface area contributed by atoms with Gasteiger partial charge in [-0.15, -0.1) is 0 Å². The standard InChI is InChI=1S/C9H16F3/c1-7(2)8(3)5-4-6-9(10,11)12/h8H,4-6H2,1-3H3. The first kappa shape index (κ1) is 11.8. The third-order valence-corrected chi connectivity index (χ3v) is 2.08. The fraction of sp³-hybridized carbons (Fsp3) is 0.889. The molecule has 0 saturated heterocycles. The maximum atomic E-state index is 11.7. The van der Waals surface area contributed by atoms with Crippen LogP contribution in [0.2, 0.25) is 0 Å². The van der Waals surface area contributed by atoms with E-state index in [2.05, 4.69) is 0 Å². The van der Waals surface area contributed by atoms with E-state index in [0.29, 0.717) is 12.3 Å². The Balaban J connectivity index is 3.44. The van der Waals surface area contributed by atoms with E-state index in [-0.39, 0.29) is 6.42 Å². The third-order valence-electron chi connectivity index (χ3n) is 2.08. The maximum absolute atomic E-state index is 11.7. The lowest BCUT2D eigenvalue weighted by atomic mass is 9.93. The lowest BCUT2D eigenvalue weighted by molar-refractivity contribution is -0.135. The molecule has 0 aromatic carbocycles. The highest BCUT2D eigenvalue weighted by Crippen LogP contribution is 2.25. The third kappa shape index (κ3) is 6.50. The van der Waals surface area contributed by atoms with Gasteiger partial charge in [0, 0.05) is 6.42 Å². The van der Waals surface area contributed by atoms with Crippen molar-refractivity contribution in [3.05, 3.63) is 5.92 Å². The predicted molar refractivity (Wildman–Crippen MR) is 43.7 cm³/mol. The van der Waals surface area contributed by atoms with Gasteiger partial charge in [-0.1, -0.05) is 20.8 Å². The Morgan fingerprint density at radius 3 is 2.08 bits per heavy atom. The predicted octanol–water partition coefficient (Wildman–Crippen LogP) is 3.97. The molecule has 12 heavy (non-hydrogen) atoms. The molecule has 3 heteroatoms. The summed E-state index contributed by atoms with van der Waals surface area (Å²) < 4.78 is 35.1. The van der Waals surface area contributed by atoms with Gasteiger partial charge < -0.3 is 0 Å². The molecule has 0 nitrogen and oxygen atoms in total. The van der Waals surface area contributed by atoms with Crippen LogP contribution in [0, 0.1) is 11.8 Å². The molecule has 0 heterocycles. The minimum atomic E-state index is -3.98. The van der Waals surface area contributed by atoms with Crippen LogP contribution < -0.4 is 0 Å². The van der Waals surface area contributed by atoms with Crippen molar-refractivity contribution < 1.29 is 13.2 Å². The zero-order chi connectivity index (χ0) is 9.78. The molecule has 0 saturated carbocycles. The molecule has 0 rings (SSSR count). The van der Waals surface area contributed by atoms with Gasteiger partial charge in [-0.2, -0.15) is 13.2 Å². The molecule has 0 aliphatic carbocycles. The molecule has 1 unspecified atom stereocenters. The van der Waals surface area contributed by atoms with Crippen LogP contribution in [0.15, 0.2) is 0 Å². The number of alkyl halides is 3. The van der Waals surface area contributed by atoms with Crippen LogP contribution in [-0.4, -0.2) is 6.18 Å². The van der Waals surface area contributed by atoms with Gasteiger partial charge >= 0.3 is 6.18 Å². The van der Waals surface area contributed by atoms with E-state index < -0.39 is 12.6 Å². The van der Waals surface area contributed by atoms with Crippen LogP contribution in [-0.2, 0) is 0 Å². The van der Waals surface area contributed by atoms with E-state index in [9.17, 15) is 13.2 Å². The van der Waals surface area contributed by atoms with Crippen LogP contribution in [0.5, 0.6) is 0 Å². The Kier molecular flexibility index (Phi) is 4.64. The van der Waals surface area contributed by atoms with Gasteiger partial charge in [0.05, 0.1) is 0 Å². The normalized spacial score (nSPS) is 15.2. The SMILES string of the molecule is C[C](C)C(C)CCCC(F)(F)F. The molecule has 0 spiro atoms. The summed E-state index contributed by atoms with van der Waals surface area (Å²) in [5.41, 5.74) is 0. The second-order valence-corrected chi connectivity index (χ2v) is 3.49. The largest absolute Gasteiger partial charge is 0.389 e. The molecule has 0 bridgehead atoms. The monoisotopic (exact) mass is 181 g/mol. The Labute approximate surface area is 72.2 Å². The summed E-state index contributed by atoms with van der Waals surface area (Å²) in [5.74, 6) is 1.52. The van der Waals surface area contributed by atoms with Gasteiger partial charge in [0.1, 0.15) is 0 Å². The fourth-order valence-corrected chi connectivity index (χ4v) is 0.897. The van der Waals surface area contributed by atoms with Crippen molar-refractivity contribution in [2.45, 2.75) is 46.2 Å². The molecule has 0 N–H and O–H groups in total. The first-order chi connectivity index (χ1) is 5.33. The van der Waals surface area contributed by atoms with Gasteiger partial charge in [0.2, 0.25) is 0 Å². The van der Waals surface area contributed by atoms with Crippen LogP contribution in [0.3, 0.4) is 0 Å². The quantitative estimate of drug-likeness (QED) is 0.615. The first-order valence-electron chi connectivity index (χ1n) is 4.19. The smallest absolute Gasteiger partial charge is 0.171 e. The number of rotatable bonds is 4. The molecule has 0 aliphatic heterocycles. The van der Waals surface area contributed by atoms with Gasteiger partial charge in [-0.3, -0.25) is 0 Å². The first-order valence-corrected chi connectivity index (χ1v) is 4.19. The van der Waals surface area contributed by atoms with Crippen LogP contribution >= 0.6 is 0 Å². The molecular weight excluding hydrogens is 165 g/mol. The van der Waals surface area contributed by atoms with Crippen molar-refractivity contribution >= 4 is 0 Å².